The summed E-state index contributed by atoms with van der Waals surface area (Å²) in [6.45, 7) is 0.411. The van der Waals surface area contributed by atoms with Gasteiger partial charge in [0.1, 0.15) is 12.4 Å². The molecule has 0 radical (unpaired) electrons. The van der Waals surface area contributed by atoms with E-state index in [9.17, 15) is 19.1 Å². The number of para-hydroxylation sites is 1. The monoisotopic (exact) mass is 372 g/mol. The Morgan fingerprint density at radius 2 is 1.70 bits per heavy atom. The first-order valence-electron chi connectivity index (χ1n) is 8.71. The van der Waals surface area contributed by atoms with Crippen molar-refractivity contribution in [3.05, 3.63) is 65.5 Å². The number of aliphatic carboxylic acids is 1. The number of halogens is 1. The van der Waals surface area contributed by atoms with E-state index in [1.807, 2.05) is 0 Å². The number of carboxylic acids is 1. The summed E-state index contributed by atoms with van der Waals surface area (Å²) in [5.41, 5.74) is 0.403. The summed E-state index contributed by atoms with van der Waals surface area (Å²) in [6, 6.07) is 12.5. The lowest BCUT2D eigenvalue weighted by molar-refractivity contribution is -0.134. The summed E-state index contributed by atoms with van der Waals surface area (Å²) in [6.07, 6.45) is 0.685. The van der Waals surface area contributed by atoms with Gasteiger partial charge in [0.2, 0.25) is 0 Å². The molecule has 0 saturated carbocycles. The number of carbonyl (C=O) groups excluding carboxylic acids is 1. The summed E-state index contributed by atoms with van der Waals surface area (Å²) < 4.78 is 13.1. The van der Waals surface area contributed by atoms with Crippen LogP contribution < -0.4 is 5.32 Å². The number of aliphatic hydroxyl groups is 1. The van der Waals surface area contributed by atoms with Crippen LogP contribution in [0, 0.1) is 5.82 Å². The van der Waals surface area contributed by atoms with E-state index >= 15 is 0 Å². The Hall–Kier alpha value is -2.93. The first-order chi connectivity index (χ1) is 12.9. The van der Waals surface area contributed by atoms with Gasteiger partial charge in [-0.1, -0.05) is 24.3 Å². The predicted molar refractivity (Wildman–Crippen MR) is 98.0 cm³/mol. The molecular weight excluding hydrogens is 351 g/mol. The van der Waals surface area contributed by atoms with E-state index in [-0.39, 0.29) is 18.3 Å². The fourth-order valence-corrected chi connectivity index (χ4v) is 3.29. The second-order valence-electron chi connectivity index (χ2n) is 6.62. The largest absolute Gasteiger partial charge is 0.480 e. The van der Waals surface area contributed by atoms with Gasteiger partial charge in [-0.25, -0.2) is 4.39 Å². The van der Waals surface area contributed by atoms with Crippen molar-refractivity contribution < 1.29 is 24.2 Å². The topological polar surface area (TPSA) is 89.9 Å². The molecule has 2 aromatic carbocycles. The fraction of sp³-hybridized carbons (Fsp3) is 0.300. The summed E-state index contributed by atoms with van der Waals surface area (Å²) >= 11 is 0. The average molecular weight is 372 g/mol. The predicted octanol–water partition coefficient (Wildman–Crippen LogP) is 2.45. The smallest absolute Gasteiger partial charge is 0.322 e. The Balaban J connectivity index is 1.70. The second-order valence-corrected chi connectivity index (χ2v) is 6.62. The number of carboxylic acid groups (broad SMARTS) is 1. The van der Waals surface area contributed by atoms with E-state index in [1.165, 1.54) is 12.1 Å². The van der Waals surface area contributed by atoms with Crippen molar-refractivity contribution in [2.75, 3.05) is 25.0 Å². The third-order valence-corrected chi connectivity index (χ3v) is 4.85. The van der Waals surface area contributed by atoms with Gasteiger partial charge in [-0.05, 0) is 42.7 Å². The van der Waals surface area contributed by atoms with Crippen molar-refractivity contribution in [3.8, 4) is 0 Å². The third-order valence-electron chi connectivity index (χ3n) is 4.85. The molecular formula is C20H21FN2O4. The molecule has 1 aliphatic heterocycles. The minimum absolute atomic E-state index is 0.218. The lowest BCUT2D eigenvalue weighted by atomic mass is 9.84. The van der Waals surface area contributed by atoms with Crippen LogP contribution in [0.5, 0.6) is 0 Å². The number of nitrogens with zero attached hydrogens (tertiary/aromatic N) is 1. The van der Waals surface area contributed by atoms with E-state index in [0.29, 0.717) is 42.7 Å². The molecule has 142 valence electrons. The first-order valence-corrected chi connectivity index (χ1v) is 8.71. The molecule has 0 spiro atoms. The normalized spacial score (nSPS) is 16.0. The maximum Gasteiger partial charge on any atom is 0.322 e. The van der Waals surface area contributed by atoms with Gasteiger partial charge < -0.3 is 20.4 Å². The Labute approximate surface area is 156 Å². The molecule has 0 aliphatic carbocycles. The Kier molecular flexibility index (Phi) is 5.41. The molecule has 3 rings (SSSR count). The number of amides is 1. The zero-order chi connectivity index (χ0) is 19.4. The maximum atomic E-state index is 13.1. The van der Waals surface area contributed by atoms with Gasteiger partial charge in [-0.15, -0.1) is 0 Å². The molecule has 1 aliphatic rings. The second kappa shape index (κ2) is 7.75. The quantitative estimate of drug-likeness (QED) is 0.750. The van der Waals surface area contributed by atoms with Crippen LogP contribution in [0.1, 0.15) is 28.8 Å². The Bertz CT molecular complexity index is 830. The lowest BCUT2D eigenvalue weighted by Crippen LogP contribution is -2.45. The first kappa shape index (κ1) is 18.8. The number of nitrogens with one attached hydrogen (secondary N) is 1. The van der Waals surface area contributed by atoms with Gasteiger partial charge in [0.05, 0.1) is 11.2 Å². The molecule has 0 aromatic heterocycles. The van der Waals surface area contributed by atoms with Crippen molar-refractivity contribution in [1.82, 2.24) is 4.90 Å². The molecule has 0 unspecified atom stereocenters. The highest BCUT2D eigenvalue weighted by atomic mass is 19.1. The molecule has 7 heteroatoms. The van der Waals surface area contributed by atoms with Gasteiger partial charge in [-0.3, -0.25) is 9.59 Å². The summed E-state index contributed by atoms with van der Waals surface area (Å²) in [5.74, 6) is -1.59. The highest BCUT2D eigenvalue weighted by Gasteiger charge is 2.36. The number of piperidine rings is 1. The number of hydrogen-bond donors (Lipinski definition) is 3. The fourth-order valence-electron chi connectivity index (χ4n) is 3.29. The minimum Gasteiger partial charge on any atom is -0.480 e. The number of benzene rings is 2. The minimum atomic E-state index is -1.09. The lowest BCUT2D eigenvalue weighted by Gasteiger charge is -2.38. The Morgan fingerprint density at radius 3 is 2.33 bits per heavy atom. The number of hydrogen-bond acceptors (Lipinski definition) is 4. The molecule has 1 amide bonds. The van der Waals surface area contributed by atoms with Gasteiger partial charge in [0.25, 0.3) is 5.91 Å². The zero-order valence-corrected chi connectivity index (χ0v) is 14.7. The van der Waals surface area contributed by atoms with E-state index in [2.05, 4.69) is 5.32 Å². The van der Waals surface area contributed by atoms with Crippen molar-refractivity contribution in [1.29, 1.82) is 0 Å². The van der Waals surface area contributed by atoms with Crippen LogP contribution in [-0.4, -0.2) is 46.6 Å². The highest BCUT2D eigenvalue weighted by Crippen LogP contribution is 2.33. The van der Waals surface area contributed by atoms with Crippen LogP contribution in [-0.2, 0) is 10.4 Å². The van der Waals surface area contributed by atoms with Gasteiger partial charge in [0, 0.05) is 18.8 Å². The molecule has 0 bridgehead atoms. The number of rotatable bonds is 5. The van der Waals surface area contributed by atoms with Gasteiger partial charge in [-0.2, -0.15) is 0 Å². The van der Waals surface area contributed by atoms with E-state index in [0.717, 1.165) is 0 Å². The summed E-state index contributed by atoms with van der Waals surface area (Å²) in [4.78, 5) is 25.3. The summed E-state index contributed by atoms with van der Waals surface area (Å²) in [5, 5.41) is 22.4. The zero-order valence-electron chi connectivity index (χ0n) is 14.7. The van der Waals surface area contributed by atoms with E-state index < -0.39 is 11.6 Å². The van der Waals surface area contributed by atoms with Crippen molar-refractivity contribution in [2.45, 2.75) is 18.4 Å². The van der Waals surface area contributed by atoms with Crippen LogP contribution in [0.3, 0.4) is 0 Å². The van der Waals surface area contributed by atoms with E-state index in [4.69, 9.17) is 5.11 Å². The van der Waals surface area contributed by atoms with Gasteiger partial charge >= 0.3 is 5.97 Å². The standard InChI is InChI=1S/C20H21FN2O4/c21-15-7-5-14(6-8-15)20(27)9-11-23(12-10-20)19(26)16-3-1-2-4-17(16)22-13-18(24)25/h1-8,22,27H,9-13H2,(H,24,25). The molecule has 3 N–H and O–H groups in total. The average Bonchev–Trinajstić information content (AvgIpc) is 2.67. The molecule has 1 saturated heterocycles. The van der Waals surface area contributed by atoms with Gasteiger partial charge in [0.15, 0.2) is 0 Å². The van der Waals surface area contributed by atoms with Crippen LogP contribution in [0.2, 0.25) is 0 Å². The molecule has 0 atom stereocenters. The Morgan fingerprint density at radius 1 is 1.07 bits per heavy atom. The number of likely N-dealkylation sites (tertiary alicyclic amines) is 1. The van der Waals surface area contributed by atoms with E-state index in [1.54, 1.807) is 41.3 Å². The highest BCUT2D eigenvalue weighted by molar-refractivity contribution is 6.00. The van der Waals surface area contributed by atoms with Crippen LogP contribution in [0.15, 0.2) is 48.5 Å². The van der Waals surface area contributed by atoms with Crippen LogP contribution >= 0.6 is 0 Å². The molecule has 2 aromatic rings. The molecule has 1 fully saturated rings. The van der Waals surface area contributed by atoms with Crippen molar-refractivity contribution in [2.24, 2.45) is 0 Å². The molecule has 1 heterocycles. The third kappa shape index (κ3) is 4.25. The molecule has 27 heavy (non-hydrogen) atoms. The van der Waals surface area contributed by atoms with Crippen molar-refractivity contribution >= 4 is 17.6 Å². The van der Waals surface area contributed by atoms with Crippen molar-refractivity contribution in [3.63, 3.8) is 0 Å². The maximum absolute atomic E-state index is 13.1. The SMILES string of the molecule is O=C(O)CNc1ccccc1C(=O)N1CCC(O)(c2ccc(F)cc2)CC1. The van der Waals surface area contributed by atoms with Crippen LogP contribution in [0.4, 0.5) is 10.1 Å². The number of anilines is 1. The number of carbonyl (C=O) groups is 2. The summed E-state index contributed by atoms with van der Waals surface area (Å²) in [7, 11) is 0. The molecule has 6 nitrogen and oxygen atoms in total. The van der Waals surface area contributed by atoms with Crippen LogP contribution in [0.25, 0.3) is 0 Å².